The fourth-order valence-corrected chi connectivity index (χ4v) is 9.13. The molecule has 3 aromatic heterocycles. The Kier molecular flexibility index (Phi) is 6.93. The maximum Gasteiger partial charge on any atom is 0.137 e. The van der Waals surface area contributed by atoms with E-state index >= 15 is 0 Å². The van der Waals surface area contributed by atoms with Gasteiger partial charge in [-0.15, -0.1) is 0 Å². The van der Waals surface area contributed by atoms with Gasteiger partial charge in [-0.2, -0.15) is 0 Å². The standard InChI is InChI=1S/C54H34N2O/c1-3-13-35(14-4-1)37-17-11-18-40(31-37)56-50-30-26-39(33-47(50)54-42(21-12-23-51(54)56)36-15-5-2-6-16-36)38-25-29-49-46(32-38)43-19-7-9-22-48(43)55(49)41-27-28-45-44-20-8-10-24-52(44)57-53(45)34-41/h1-34H. The molecule has 3 nitrogen and oxygen atoms in total. The number of para-hydroxylation sites is 2. The Morgan fingerprint density at radius 3 is 1.67 bits per heavy atom. The highest BCUT2D eigenvalue weighted by Crippen LogP contribution is 2.42. The minimum atomic E-state index is 0.894. The van der Waals surface area contributed by atoms with Crippen LogP contribution in [0.25, 0.3) is 110 Å². The average Bonchev–Trinajstić information content (AvgIpc) is 3.94. The molecular weight excluding hydrogens is 693 g/mol. The number of fused-ring (bicyclic) bond motifs is 9. The highest BCUT2D eigenvalue weighted by molar-refractivity contribution is 6.17. The highest BCUT2D eigenvalue weighted by Gasteiger charge is 2.19. The van der Waals surface area contributed by atoms with E-state index in [1.165, 1.54) is 71.5 Å². The highest BCUT2D eigenvalue weighted by atomic mass is 16.3. The van der Waals surface area contributed by atoms with Crippen LogP contribution in [-0.4, -0.2) is 9.13 Å². The van der Waals surface area contributed by atoms with Crippen LogP contribution in [0.15, 0.2) is 211 Å². The number of aromatic nitrogens is 2. The monoisotopic (exact) mass is 726 g/mol. The third-order valence-electron chi connectivity index (χ3n) is 11.7. The molecule has 9 aromatic carbocycles. The number of hydrogen-bond donors (Lipinski definition) is 0. The van der Waals surface area contributed by atoms with E-state index in [1.54, 1.807) is 0 Å². The van der Waals surface area contributed by atoms with Crippen LogP contribution in [0.1, 0.15) is 0 Å². The van der Waals surface area contributed by atoms with Crippen LogP contribution in [0.4, 0.5) is 0 Å². The number of furan rings is 1. The van der Waals surface area contributed by atoms with Crippen LogP contribution in [0.5, 0.6) is 0 Å². The fraction of sp³-hybridized carbons (Fsp3) is 0. The van der Waals surface area contributed by atoms with Gasteiger partial charge in [0.25, 0.3) is 0 Å². The summed E-state index contributed by atoms with van der Waals surface area (Å²) in [5.41, 5.74) is 15.9. The zero-order valence-electron chi connectivity index (χ0n) is 30.9. The van der Waals surface area contributed by atoms with Gasteiger partial charge in [-0.1, -0.05) is 133 Å². The molecule has 0 spiro atoms. The Labute approximate surface area is 328 Å². The van der Waals surface area contributed by atoms with Gasteiger partial charge in [0.2, 0.25) is 0 Å². The largest absolute Gasteiger partial charge is 0.456 e. The molecule has 0 fully saturated rings. The van der Waals surface area contributed by atoms with Crippen molar-refractivity contribution in [2.24, 2.45) is 0 Å². The van der Waals surface area contributed by atoms with E-state index in [4.69, 9.17) is 4.42 Å². The molecule has 0 aliphatic heterocycles. The van der Waals surface area contributed by atoms with E-state index in [0.29, 0.717) is 0 Å². The first-order valence-electron chi connectivity index (χ1n) is 19.5. The second-order valence-electron chi connectivity index (χ2n) is 14.9. The lowest BCUT2D eigenvalue weighted by Crippen LogP contribution is -1.94. The van der Waals surface area contributed by atoms with Crippen molar-refractivity contribution in [2.75, 3.05) is 0 Å². The third-order valence-corrected chi connectivity index (χ3v) is 11.7. The van der Waals surface area contributed by atoms with Gasteiger partial charge in [-0.3, -0.25) is 0 Å². The van der Waals surface area contributed by atoms with E-state index < -0.39 is 0 Å². The lowest BCUT2D eigenvalue weighted by atomic mass is 9.97. The number of hydrogen-bond acceptors (Lipinski definition) is 1. The Morgan fingerprint density at radius 1 is 0.281 bits per heavy atom. The summed E-state index contributed by atoms with van der Waals surface area (Å²) in [6.45, 7) is 0. The van der Waals surface area contributed by atoms with Crippen molar-refractivity contribution in [3.8, 4) is 44.8 Å². The van der Waals surface area contributed by atoms with Crippen molar-refractivity contribution in [3.63, 3.8) is 0 Å². The van der Waals surface area contributed by atoms with Gasteiger partial charge in [-0.05, 0) is 100 Å². The second-order valence-corrected chi connectivity index (χ2v) is 14.9. The zero-order valence-corrected chi connectivity index (χ0v) is 30.9. The van der Waals surface area contributed by atoms with Crippen molar-refractivity contribution >= 4 is 65.6 Å². The Bertz CT molecular complexity index is 3510. The van der Waals surface area contributed by atoms with Crippen LogP contribution < -0.4 is 0 Å². The van der Waals surface area contributed by atoms with E-state index in [9.17, 15) is 0 Å². The molecule has 0 saturated heterocycles. The van der Waals surface area contributed by atoms with Crippen molar-refractivity contribution in [1.82, 2.24) is 9.13 Å². The smallest absolute Gasteiger partial charge is 0.137 e. The van der Waals surface area contributed by atoms with E-state index in [0.717, 1.165) is 38.8 Å². The summed E-state index contributed by atoms with van der Waals surface area (Å²) in [6.07, 6.45) is 0. The van der Waals surface area contributed by atoms with Crippen LogP contribution >= 0.6 is 0 Å². The van der Waals surface area contributed by atoms with Crippen molar-refractivity contribution in [1.29, 1.82) is 0 Å². The first-order chi connectivity index (χ1) is 28.3. The SMILES string of the molecule is c1ccc(-c2cccc(-n3c4ccc(-c5ccc6c(c5)c5ccccc5n6-c5ccc6c(c5)oc5ccccc56)cc4c4c(-c5ccccc5)cccc43)c2)cc1. The van der Waals surface area contributed by atoms with E-state index in [1.807, 2.05) is 12.1 Å². The lowest BCUT2D eigenvalue weighted by molar-refractivity contribution is 0.668. The number of nitrogens with zero attached hydrogens (tertiary/aromatic N) is 2. The summed E-state index contributed by atoms with van der Waals surface area (Å²) in [7, 11) is 0. The summed E-state index contributed by atoms with van der Waals surface area (Å²) < 4.78 is 11.1. The lowest BCUT2D eigenvalue weighted by Gasteiger charge is -2.11. The van der Waals surface area contributed by atoms with E-state index in [2.05, 4.69) is 203 Å². The second kappa shape index (κ2) is 12.5. The molecule has 0 bridgehead atoms. The van der Waals surface area contributed by atoms with Gasteiger partial charge >= 0.3 is 0 Å². The maximum atomic E-state index is 6.34. The normalized spacial score (nSPS) is 11.9. The molecule has 0 unspecified atom stereocenters. The molecule has 3 heterocycles. The predicted molar refractivity (Wildman–Crippen MR) is 239 cm³/mol. The first kappa shape index (κ1) is 31.7. The quantitative estimate of drug-likeness (QED) is 0.173. The maximum absolute atomic E-state index is 6.34. The zero-order chi connectivity index (χ0) is 37.5. The van der Waals surface area contributed by atoms with Crippen LogP contribution in [-0.2, 0) is 0 Å². The predicted octanol–water partition coefficient (Wildman–Crippen LogP) is 14.8. The topological polar surface area (TPSA) is 23.0 Å². The van der Waals surface area contributed by atoms with Gasteiger partial charge in [0, 0.05) is 49.8 Å². The van der Waals surface area contributed by atoms with Gasteiger partial charge in [0.05, 0.1) is 22.1 Å². The van der Waals surface area contributed by atoms with Gasteiger partial charge in [0.15, 0.2) is 0 Å². The summed E-state index contributed by atoms with van der Waals surface area (Å²) in [5.74, 6) is 0. The molecule has 0 amide bonds. The molecule has 0 atom stereocenters. The summed E-state index contributed by atoms with van der Waals surface area (Å²) in [6, 6.07) is 74.5. The molecule has 266 valence electrons. The summed E-state index contributed by atoms with van der Waals surface area (Å²) in [5, 5.41) is 7.20. The molecule has 0 radical (unpaired) electrons. The van der Waals surface area contributed by atoms with Crippen molar-refractivity contribution < 1.29 is 4.42 Å². The fourth-order valence-electron chi connectivity index (χ4n) is 9.13. The van der Waals surface area contributed by atoms with E-state index in [-0.39, 0.29) is 0 Å². The van der Waals surface area contributed by atoms with Crippen LogP contribution in [0, 0.1) is 0 Å². The molecule has 0 aliphatic carbocycles. The van der Waals surface area contributed by atoms with Gasteiger partial charge in [-0.25, -0.2) is 0 Å². The minimum absolute atomic E-state index is 0.894. The van der Waals surface area contributed by atoms with Crippen LogP contribution in [0.3, 0.4) is 0 Å². The first-order valence-corrected chi connectivity index (χ1v) is 19.5. The van der Waals surface area contributed by atoms with Crippen molar-refractivity contribution in [2.45, 2.75) is 0 Å². The molecule has 12 aromatic rings. The molecule has 57 heavy (non-hydrogen) atoms. The Morgan fingerprint density at radius 2 is 0.842 bits per heavy atom. The number of rotatable bonds is 5. The summed E-state index contributed by atoms with van der Waals surface area (Å²) >= 11 is 0. The third kappa shape index (κ3) is 4.92. The number of benzene rings is 9. The van der Waals surface area contributed by atoms with Gasteiger partial charge in [0.1, 0.15) is 11.2 Å². The van der Waals surface area contributed by atoms with Gasteiger partial charge < -0.3 is 13.6 Å². The Balaban J connectivity index is 1.06. The molecule has 0 N–H and O–H groups in total. The Hall–Kier alpha value is -7.62. The molecule has 0 aliphatic rings. The molecule has 3 heteroatoms. The van der Waals surface area contributed by atoms with Crippen LogP contribution in [0.2, 0.25) is 0 Å². The minimum Gasteiger partial charge on any atom is -0.456 e. The summed E-state index contributed by atoms with van der Waals surface area (Å²) in [4.78, 5) is 0. The molecular formula is C54H34N2O. The molecule has 12 rings (SSSR count). The average molecular weight is 727 g/mol. The van der Waals surface area contributed by atoms with Crippen molar-refractivity contribution in [3.05, 3.63) is 206 Å². The molecule has 0 saturated carbocycles.